The molecule has 116 valence electrons. The summed E-state index contributed by atoms with van der Waals surface area (Å²) in [5.41, 5.74) is 0. The fourth-order valence-electron chi connectivity index (χ4n) is 1.76. The first-order valence-electron chi connectivity index (χ1n) is 6.59. The van der Waals surface area contributed by atoms with E-state index in [0.29, 0.717) is 17.5 Å². The number of nitrogens with zero attached hydrogens (tertiary/aromatic N) is 1. The summed E-state index contributed by atoms with van der Waals surface area (Å²) in [6.07, 6.45) is 1.67. The maximum atomic E-state index is 12.4. The molecule has 2 aromatic heterocycles. The second-order valence-electron chi connectivity index (χ2n) is 4.92. The maximum Gasteiger partial charge on any atom is 0.242 e. The number of thiazole rings is 1. The van der Waals surface area contributed by atoms with Crippen LogP contribution in [0, 0.1) is 6.92 Å². The zero-order valence-electron chi connectivity index (χ0n) is 12.2. The Labute approximate surface area is 133 Å². The molecule has 0 bridgehead atoms. The number of thiophene rings is 1. The van der Waals surface area contributed by atoms with E-state index in [-0.39, 0.29) is 6.54 Å². The summed E-state index contributed by atoms with van der Waals surface area (Å²) < 4.78 is 27.3. The first kappa shape index (κ1) is 16.6. The highest BCUT2D eigenvalue weighted by Crippen LogP contribution is 2.25. The third kappa shape index (κ3) is 4.58. The van der Waals surface area contributed by atoms with E-state index in [1.54, 1.807) is 12.3 Å². The van der Waals surface area contributed by atoms with Crippen LogP contribution in [0.3, 0.4) is 0 Å². The number of hydrogen-bond donors (Lipinski definition) is 2. The van der Waals surface area contributed by atoms with Gasteiger partial charge >= 0.3 is 0 Å². The molecule has 0 radical (unpaired) electrons. The molecule has 21 heavy (non-hydrogen) atoms. The lowest BCUT2D eigenvalue weighted by molar-refractivity contribution is 0.580. The van der Waals surface area contributed by atoms with E-state index in [9.17, 15) is 8.42 Å². The van der Waals surface area contributed by atoms with Crippen molar-refractivity contribution in [2.45, 2.75) is 44.8 Å². The van der Waals surface area contributed by atoms with Gasteiger partial charge in [0.05, 0.1) is 11.4 Å². The van der Waals surface area contributed by atoms with Gasteiger partial charge in [-0.05, 0) is 13.0 Å². The minimum atomic E-state index is -3.49. The minimum absolute atomic E-state index is 0.231. The van der Waals surface area contributed by atoms with Crippen molar-refractivity contribution in [2.24, 2.45) is 0 Å². The second-order valence-corrected chi connectivity index (χ2v) is 8.97. The molecular weight excluding hydrogens is 326 g/mol. The van der Waals surface area contributed by atoms with Crippen molar-refractivity contribution < 1.29 is 8.42 Å². The van der Waals surface area contributed by atoms with Gasteiger partial charge in [-0.25, -0.2) is 18.1 Å². The molecule has 0 aliphatic rings. The quantitative estimate of drug-likeness (QED) is 0.809. The Morgan fingerprint density at radius 2 is 2.10 bits per heavy atom. The molecule has 0 saturated carbocycles. The zero-order valence-corrected chi connectivity index (χ0v) is 14.7. The summed E-state index contributed by atoms with van der Waals surface area (Å²) in [5.74, 6) is 0. The van der Waals surface area contributed by atoms with Gasteiger partial charge in [0, 0.05) is 33.9 Å². The fourth-order valence-corrected chi connectivity index (χ4v) is 4.98. The van der Waals surface area contributed by atoms with Crippen LogP contribution in [-0.2, 0) is 23.1 Å². The van der Waals surface area contributed by atoms with E-state index in [0.717, 1.165) is 14.8 Å². The molecule has 8 heteroatoms. The van der Waals surface area contributed by atoms with Gasteiger partial charge in [-0.1, -0.05) is 13.8 Å². The monoisotopic (exact) mass is 345 g/mol. The molecule has 0 spiro atoms. The summed E-state index contributed by atoms with van der Waals surface area (Å²) in [4.78, 5) is 6.27. The van der Waals surface area contributed by atoms with Crippen LogP contribution in [0.2, 0.25) is 0 Å². The molecule has 2 N–H and O–H groups in total. The van der Waals surface area contributed by atoms with Crippen LogP contribution in [0.4, 0.5) is 0 Å². The normalized spacial score (nSPS) is 12.2. The molecule has 0 saturated heterocycles. The van der Waals surface area contributed by atoms with Gasteiger partial charge in [-0.2, -0.15) is 0 Å². The highest BCUT2D eigenvalue weighted by molar-refractivity contribution is 7.89. The lowest BCUT2D eigenvalue weighted by Gasteiger charge is -2.05. The van der Waals surface area contributed by atoms with Crippen molar-refractivity contribution in [3.63, 3.8) is 0 Å². The molecule has 0 aliphatic carbocycles. The molecular formula is C13H19N3O2S3. The molecule has 2 rings (SSSR count). The SMILES string of the molecule is Cc1sc(CNC(C)C)cc1S(=O)(=O)NCc1nccs1. The first-order chi connectivity index (χ1) is 9.88. The van der Waals surface area contributed by atoms with Gasteiger partial charge in [0.25, 0.3) is 0 Å². The molecule has 0 aliphatic heterocycles. The number of aromatic nitrogens is 1. The standard InChI is InChI=1S/C13H19N3O2S3/c1-9(2)15-7-11-6-12(10(3)20-11)21(17,18)16-8-13-14-4-5-19-13/h4-6,9,15-16H,7-8H2,1-3H3. The predicted molar refractivity (Wildman–Crippen MR) is 87.2 cm³/mol. The maximum absolute atomic E-state index is 12.4. The Morgan fingerprint density at radius 1 is 1.33 bits per heavy atom. The van der Waals surface area contributed by atoms with E-state index in [4.69, 9.17) is 0 Å². The number of rotatable bonds is 7. The summed E-state index contributed by atoms with van der Waals surface area (Å²) in [6, 6.07) is 2.12. The number of hydrogen-bond acceptors (Lipinski definition) is 6. The Balaban J connectivity index is 2.08. The van der Waals surface area contributed by atoms with Crippen molar-refractivity contribution in [3.8, 4) is 0 Å². The molecule has 0 fully saturated rings. The number of sulfonamides is 1. The van der Waals surface area contributed by atoms with Gasteiger partial charge in [0.1, 0.15) is 5.01 Å². The van der Waals surface area contributed by atoms with E-state index in [1.165, 1.54) is 22.7 Å². The highest BCUT2D eigenvalue weighted by Gasteiger charge is 2.20. The van der Waals surface area contributed by atoms with Crippen LogP contribution in [0.1, 0.15) is 28.6 Å². The third-order valence-corrected chi connectivity index (χ3v) is 6.28. The average molecular weight is 346 g/mol. The van der Waals surface area contributed by atoms with Crippen molar-refractivity contribution in [3.05, 3.63) is 32.4 Å². The van der Waals surface area contributed by atoms with Crippen LogP contribution in [0.5, 0.6) is 0 Å². The Bertz CT molecular complexity index is 676. The van der Waals surface area contributed by atoms with Gasteiger partial charge in [0.15, 0.2) is 0 Å². The summed E-state index contributed by atoms with van der Waals surface area (Å²) >= 11 is 2.95. The fraction of sp³-hybridized carbons (Fsp3) is 0.462. The van der Waals surface area contributed by atoms with Gasteiger partial charge < -0.3 is 5.32 Å². The largest absolute Gasteiger partial charge is 0.310 e. The summed E-state index contributed by atoms with van der Waals surface area (Å²) in [6.45, 7) is 6.88. The van der Waals surface area contributed by atoms with Crippen LogP contribution in [0.15, 0.2) is 22.5 Å². The van der Waals surface area contributed by atoms with Gasteiger partial charge in [0.2, 0.25) is 10.0 Å². The van der Waals surface area contributed by atoms with E-state index >= 15 is 0 Å². The molecule has 2 aromatic rings. The topological polar surface area (TPSA) is 71.1 Å². The van der Waals surface area contributed by atoms with Gasteiger partial charge in [-0.3, -0.25) is 0 Å². The number of aryl methyl sites for hydroxylation is 1. The van der Waals surface area contributed by atoms with E-state index in [2.05, 4.69) is 28.9 Å². The van der Waals surface area contributed by atoms with Gasteiger partial charge in [-0.15, -0.1) is 22.7 Å². The van der Waals surface area contributed by atoms with Crippen molar-refractivity contribution in [1.29, 1.82) is 0 Å². The molecule has 5 nitrogen and oxygen atoms in total. The van der Waals surface area contributed by atoms with Crippen molar-refractivity contribution >= 4 is 32.7 Å². The minimum Gasteiger partial charge on any atom is -0.310 e. The summed E-state index contributed by atoms with van der Waals surface area (Å²) in [5, 5.41) is 5.88. The third-order valence-electron chi connectivity index (χ3n) is 2.79. The molecule has 0 atom stereocenters. The Morgan fingerprint density at radius 3 is 2.71 bits per heavy atom. The van der Waals surface area contributed by atoms with E-state index < -0.39 is 10.0 Å². The Hall–Kier alpha value is -0.800. The summed E-state index contributed by atoms with van der Waals surface area (Å²) in [7, 11) is -3.49. The van der Waals surface area contributed by atoms with Crippen LogP contribution in [-0.4, -0.2) is 19.4 Å². The molecule has 0 amide bonds. The highest BCUT2D eigenvalue weighted by atomic mass is 32.2. The van der Waals surface area contributed by atoms with Crippen molar-refractivity contribution in [1.82, 2.24) is 15.0 Å². The smallest absolute Gasteiger partial charge is 0.242 e. The van der Waals surface area contributed by atoms with Crippen LogP contribution >= 0.6 is 22.7 Å². The first-order valence-corrected chi connectivity index (χ1v) is 9.77. The average Bonchev–Trinajstić information content (AvgIpc) is 3.03. The van der Waals surface area contributed by atoms with Crippen molar-refractivity contribution in [2.75, 3.05) is 0 Å². The van der Waals surface area contributed by atoms with E-state index in [1.807, 2.05) is 12.3 Å². The van der Waals surface area contributed by atoms with Crippen LogP contribution < -0.4 is 10.0 Å². The lowest BCUT2D eigenvalue weighted by atomic mass is 10.3. The lowest BCUT2D eigenvalue weighted by Crippen LogP contribution is -2.23. The molecule has 2 heterocycles. The molecule has 0 unspecified atom stereocenters. The van der Waals surface area contributed by atoms with Crippen LogP contribution in [0.25, 0.3) is 0 Å². The number of nitrogens with one attached hydrogen (secondary N) is 2. The zero-order chi connectivity index (χ0) is 15.5. The molecule has 0 aromatic carbocycles. The second kappa shape index (κ2) is 6.97. The Kier molecular flexibility index (Phi) is 5.50. The predicted octanol–water partition coefficient (Wildman–Crippen LogP) is 2.49.